The maximum atomic E-state index is 13.3. The number of hydrogen-bond acceptors (Lipinski definition) is 8. The Hall–Kier alpha value is -2.40. The molecule has 7 nitrogen and oxygen atoms in total. The van der Waals surface area contributed by atoms with Crippen LogP contribution >= 0.6 is 34.9 Å². The van der Waals surface area contributed by atoms with Crippen molar-refractivity contribution in [1.29, 1.82) is 0 Å². The van der Waals surface area contributed by atoms with E-state index in [1.165, 1.54) is 29.5 Å². The van der Waals surface area contributed by atoms with Gasteiger partial charge in [-0.3, -0.25) is 24.7 Å². The second-order valence-electron chi connectivity index (χ2n) is 7.81. The van der Waals surface area contributed by atoms with E-state index < -0.39 is 0 Å². The molecule has 1 N–H and O–H groups in total. The Morgan fingerprint density at radius 3 is 2.30 bits per heavy atom. The largest absolute Gasteiger partial charge is 0.299 e. The minimum atomic E-state index is -0.0697. The molecule has 2 amide bonds. The molecule has 0 atom stereocenters. The van der Waals surface area contributed by atoms with E-state index in [-0.39, 0.29) is 17.6 Å². The van der Waals surface area contributed by atoms with Crippen LogP contribution < -0.4 is 10.2 Å². The zero-order valence-corrected chi connectivity index (χ0v) is 20.3. The monoisotopic (exact) mass is 497 g/mol. The number of benzene rings is 2. The predicted molar refractivity (Wildman–Crippen MR) is 134 cm³/mol. The molecule has 3 aromatic rings. The molecule has 0 aliphatic carbocycles. The van der Waals surface area contributed by atoms with Gasteiger partial charge in [0.1, 0.15) is 0 Å². The number of amides is 2. The molecule has 0 saturated carbocycles. The van der Waals surface area contributed by atoms with E-state index in [4.69, 9.17) is 0 Å². The molecule has 1 saturated heterocycles. The lowest BCUT2D eigenvalue weighted by Gasteiger charge is -2.30. The van der Waals surface area contributed by atoms with Crippen LogP contribution in [0.4, 0.5) is 16.5 Å². The fourth-order valence-corrected chi connectivity index (χ4v) is 6.63. The van der Waals surface area contributed by atoms with Crippen molar-refractivity contribution in [2.45, 2.75) is 33.4 Å². The lowest BCUT2D eigenvalue weighted by molar-refractivity contribution is -0.117. The Bertz CT molecular complexity index is 1120. The summed E-state index contributed by atoms with van der Waals surface area (Å²) in [6, 6.07) is 15.9. The Balaban J connectivity index is 1.22. The summed E-state index contributed by atoms with van der Waals surface area (Å²) < 4.78 is 0.657. The maximum Gasteiger partial charge on any atom is 0.242 e. The van der Waals surface area contributed by atoms with Crippen LogP contribution in [0.3, 0.4) is 0 Å². The molecular formula is C23H23N5O2S3. The zero-order chi connectivity index (χ0) is 22.6. The summed E-state index contributed by atoms with van der Waals surface area (Å²) in [5.41, 5.74) is 1.80. The first-order chi connectivity index (χ1) is 16.2. The van der Waals surface area contributed by atoms with Crippen molar-refractivity contribution in [3.63, 3.8) is 0 Å². The van der Waals surface area contributed by atoms with E-state index in [2.05, 4.69) is 20.4 Å². The van der Waals surface area contributed by atoms with Crippen LogP contribution in [0.2, 0.25) is 0 Å². The van der Waals surface area contributed by atoms with Crippen molar-refractivity contribution >= 4 is 63.2 Å². The smallest absolute Gasteiger partial charge is 0.242 e. The topological polar surface area (TPSA) is 78.4 Å². The van der Waals surface area contributed by atoms with E-state index in [0.717, 1.165) is 47.1 Å². The van der Waals surface area contributed by atoms with E-state index in [0.29, 0.717) is 16.0 Å². The number of fused-ring (bicyclic) bond motifs is 2. The third kappa shape index (κ3) is 5.24. The molecule has 3 heterocycles. The number of nitrogens with one attached hydrogen (secondary N) is 1. The Labute approximate surface area is 205 Å². The van der Waals surface area contributed by atoms with Gasteiger partial charge in [0, 0.05) is 9.79 Å². The minimum Gasteiger partial charge on any atom is -0.299 e. The second kappa shape index (κ2) is 10.3. The van der Waals surface area contributed by atoms with E-state index in [9.17, 15) is 9.59 Å². The number of anilines is 3. The number of thioether (sulfide) groups is 1. The average molecular weight is 498 g/mol. The Morgan fingerprint density at radius 2 is 1.61 bits per heavy atom. The van der Waals surface area contributed by atoms with Gasteiger partial charge in [0.15, 0.2) is 4.34 Å². The summed E-state index contributed by atoms with van der Waals surface area (Å²) in [6.45, 7) is 2.31. The number of carbonyl (C=O) groups is 2. The average Bonchev–Trinajstić information content (AvgIpc) is 3.28. The van der Waals surface area contributed by atoms with Crippen LogP contribution in [-0.2, 0) is 9.59 Å². The molecule has 1 aromatic heterocycles. The van der Waals surface area contributed by atoms with Crippen LogP contribution in [0.5, 0.6) is 0 Å². The molecule has 5 rings (SSSR count). The molecular weight excluding hydrogens is 474 g/mol. The van der Waals surface area contributed by atoms with Crippen LogP contribution in [0, 0.1) is 0 Å². The van der Waals surface area contributed by atoms with Gasteiger partial charge in [-0.05, 0) is 50.2 Å². The molecule has 2 aliphatic rings. The third-order valence-corrected chi connectivity index (χ3v) is 8.56. The third-order valence-electron chi connectivity index (χ3n) is 5.47. The van der Waals surface area contributed by atoms with Crippen molar-refractivity contribution in [3.05, 3.63) is 48.5 Å². The van der Waals surface area contributed by atoms with Gasteiger partial charge >= 0.3 is 0 Å². The highest BCUT2D eigenvalue weighted by molar-refractivity contribution is 8.01. The van der Waals surface area contributed by atoms with Gasteiger partial charge in [0.25, 0.3) is 0 Å². The number of hydrogen-bond donors (Lipinski definition) is 1. The van der Waals surface area contributed by atoms with Gasteiger partial charge in [-0.1, -0.05) is 65.5 Å². The Morgan fingerprint density at radius 1 is 0.939 bits per heavy atom. The molecule has 2 aromatic carbocycles. The van der Waals surface area contributed by atoms with E-state index in [1.807, 2.05) is 48.5 Å². The molecule has 2 aliphatic heterocycles. The zero-order valence-electron chi connectivity index (χ0n) is 17.9. The molecule has 170 valence electrons. The van der Waals surface area contributed by atoms with Crippen molar-refractivity contribution in [1.82, 2.24) is 15.1 Å². The Kier molecular flexibility index (Phi) is 6.96. The van der Waals surface area contributed by atoms with Crippen molar-refractivity contribution in [2.24, 2.45) is 0 Å². The van der Waals surface area contributed by atoms with Gasteiger partial charge in [0.2, 0.25) is 16.9 Å². The highest BCUT2D eigenvalue weighted by atomic mass is 32.2. The van der Waals surface area contributed by atoms with Gasteiger partial charge < -0.3 is 0 Å². The first-order valence-electron chi connectivity index (χ1n) is 10.8. The molecule has 0 radical (unpaired) electrons. The van der Waals surface area contributed by atoms with Gasteiger partial charge in [0.05, 0.1) is 23.7 Å². The highest BCUT2D eigenvalue weighted by Crippen LogP contribution is 2.48. The van der Waals surface area contributed by atoms with Crippen LogP contribution in [0.25, 0.3) is 0 Å². The summed E-state index contributed by atoms with van der Waals surface area (Å²) in [6.07, 6.45) is 3.53. The lowest BCUT2D eigenvalue weighted by Crippen LogP contribution is -2.36. The van der Waals surface area contributed by atoms with Gasteiger partial charge in [-0.25, -0.2) is 0 Å². The van der Waals surface area contributed by atoms with Crippen LogP contribution in [0.1, 0.15) is 19.3 Å². The first-order valence-corrected chi connectivity index (χ1v) is 13.5. The number of likely N-dealkylation sites (tertiary alicyclic amines) is 1. The predicted octanol–water partition coefficient (Wildman–Crippen LogP) is 4.88. The standard InChI is InChI=1S/C23H23N5O2S3/c29-20(14-27-12-6-1-7-13-27)24-22-25-26-23(33-22)31-15-21(30)28-16-8-2-4-10-18(16)32-19-11-5-3-9-17(19)28/h2-5,8-11H,1,6-7,12-15H2,(H,24,25,29). The molecule has 0 unspecified atom stereocenters. The number of rotatable bonds is 6. The number of carbonyl (C=O) groups excluding carboxylic acids is 2. The second-order valence-corrected chi connectivity index (χ2v) is 11.1. The van der Waals surface area contributed by atoms with Crippen molar-refractivity contribution in [2.75, 3.05) is 35.6 Å². The highest BCUT2D eigenvalue weighted by Gasteiger charge is 2.28. The number of nitrogens with zero attached hydrogens (tertiary/aromatic N) is 4. The molecule has 0 spiro atoms. The van der Waals surface area contributed by atoms with Crippen LogP contribution in [-0.4, -0.2) is 52.3 Å². The van der Waals surface area contributed by atoms with E-state index in [1.54, 1.807) is 16.7 Å². The normalized spacial score (nSPS) is 15.6. The van der Waals surface area contributed by atoms with Crippen molar-refractivity contribution < 1.29 is 9.59 Å². The van der Waals surface area contributed by atoms with Gasteiger partial charge in [-0.15, -0.1) is 10.2 Å². The van der Waals surface area contributed by atoms with Crippen molar-refractivity contribution in [3.8, 4) is 0 Å². The number of para-hydroxylation sites is 2. The fraction of sp³-hybridized carbons (Fsp3) is 0.304. The molecule has 0 bridgehead atoms. The maximum absolute atomic E-state index is 13.3. The molecule has 33 heavy (non-hydrogen) atoms. The SMILES string of the molecule is O=C(CN1CCCCC1)Nc1nnc(SCC(=O)N2c3ccccc3Sc3ccccc32)s1. The fourth-order valence-electron chi connectivity index (χ4n) is 3.96. The number of aromatic nitrogens is 2. The summed E-state index contributed by atoms with van der Waals surface area (Å²) in [5, 5.41) is 11.5. The summed E-state index contributed by atoms with van der Waals surface area (Å²) in [5.74, 6) is 0.134. The lowest BCUT2D eigenvalue weighted by atomic mass is 10.1. The summed E-state index contributed by atoms with van der Waals surface area (Å²) in [4.78, 5) is 31.7. The first kappa shape index (κ1) is 22.4. The van der Waals surface area contributed by atoms with E-state index >= 15 is 0 Å². The summed E-state index contributed by atoms with van der Waals surface area (Å²) >= 11 is 4.31. The molecule has 1 fully saturated rings. The summed E-state index contributed by atoms with van der Waals surface area (Å²) in [7, 11) is 0. The van der Waals surface area contributed by atoms with Crippen LogP contribution in [0.15, 0.2) is 62.7 Å². The quantitative estimate of drug-likeness (QED) is 0.384. The number of piperidine rings is 1. The minimum absolute atomic E-state index is 0.0221. The van der Waals surface area contributed by atoms with Gasteiger partial charge in [-0.2, -0.15) is 0 Å². The molecule has 10 heteroatoms.